The molecule has 4 nitrogen and oxygen atoms in total. The number of hydrogen-bond acceptors (Lipinski definition) is 4. The van der Waals surface area contributed by atoms with Crippen LogP contribution >= 0.6 is 12.1 Å². The molecular weight excluding hydrogens is 247 g/mol. The molecule has 0 bridgehead atoms. The normalized spacial score (nSPS) is 9.83. The second kappa shape index (κ2) is 8.77. The van der Waals surface area contributed by atoms with Crippen LogP contribution in [-0.4, -0.2) is 19.1 Å². The number of nitrogens with one attached hydrogen (secondary N) is 2. The smallest absolute Gasteiger partial charge is 0.231 e. The summed E-state index contributed by atoms with van der Waals surface area (Å²) in [6.45, 7) is 1.48. The number of carbonyl (C=O) groups excluding carboxylic acids is 2. The zero-order valence-corrected chi connectivity index (χ0v) is 11.1. The van der Waals surface area contributed by atoms with E-state index in [1.165, 1.54) is 12.5 Å². The fourth-order valence-electron chi connectivity index (χ4n) is 1.24. The van der Waals surface area contributed by atoms with E-state index in [0.717, 1.165) is 18.5 Å². The van der Waals surface area contributed by atoms with Gasteiger partial charge in [-0.15, -0.1) is 0 Å². The molecule has 0 unspecified atom stereocenters. The molecular formula is C12H16BN2O2S. The van der Waals surface area contributed by atoms with Gasteiger partial charge in [0.25, 0.3) is 0 Å². The number of hydrogen-bond donors (Lipinski definition) is 2. The van der Waals surface area contributed by atoms with Gasteiger partial charge in [-0.25, -0.2) is 0 Å². The van der Waals surface area contributed by atoms with Gasteiger partial charge in [0.15, 0.2) is 0 Å². The third-order valence-electron chi connectivity index (χ3n) is 2.19. The van der Waals surface area contributed by atoms with Crippen molar-refractivity contribution in [2.45, 2.75) is 26.1 Å². The zero-order chi connectivity index (χ0) is 13.2. The molecule has 2 N–H and O–H groups in total. The van der Waals surface area contributed by atoms with E-state index in [1.807, 2.05) is 37.7 Å². The Balaban J connectivity index is 2.02. The van der Waals surface area contributed by atoms with Gasteiger partial charge in [0, 0.05) is 25.0 Å². The molecule has 0 atom stereocenters. The highest BCUT2D eigenvalue weighted by Crippen LogP contribution is 1.98. The molecule has 0 heterocycles. The van der Waals surface area contributed by atoms with Crippen LogP contribution in [0.2, 0.25) is 0 Å². The van der Waals surface area contributed by atoms with Gasteiger partial charge in [0.2, 0.25) is 13.3 Å². The number of rotatable bonds is 8. The molecule has 18 heavy (non-hydrogen) atoms. The number of carbonyl (C=O) groups is 2. The van der Waals surface area contributed by atoms with Crippen LogP contribution in [0, 0.1) is 0 Å². The van der Waals surface area contributed by atoms with Crippen molar-refractivity contribution in [3.05, 3.63) is 35.9 Å². The van der Waals surface area contributed by atoms with Crippen LogP contribution in [0.5, 0.6) is 0 Å². The Kier molecular flexibility index (Phi) is 7.21. The third-order valence-corrected chi connectivity index (χ3v) is 2.81. The summed E-state index contributed by atoms with van der Waals surface area (Å²) in [4.78, 5) is 21.9. The van der Waals surface area contributed by atoms with E-state index < -0.39 is 0 Å². The molecule has 0 aromatic heterocycles. The summed E-state index contributed by atoms with van der Waals surface area (Å²) in [5.41, 5.74) is 1.20. The molecule has 0 saturated carbocycles. The predicted octanol–water partition coefficient (Wildman–Crippen LogP) is 1.44. The van der Waals surface area contributed by atoms with Gasteiger partial charge in [0.1, 0.15) is 5.78 Å². The number of ketones is 1. The Morgan fingerprint density at radius 1 is 1.22 bits per heavy atom. The second-order valence-electron chi connectivity index (χ2n) is 3.84. The zero-order valence-electron chi connectivity index (χ0n) is 10.3. The highest BCUT2D eigenvalue weighted by Gasteiger charge is 2.03. The minimum absolute atomic E-state index is 0.0266. The van der Waals surface area contributed by atoms with E-state index in [-0.39, 0.29) is 18.1 Å². The number of Topliss-reactive ketones (excluding diaryl/α,β-unsaturated/α-hetero) is 1. The summed E-state index contributed by atoms with van der Waals surface area (Å²) in [5.74, 6) is -0.116. The molecule has 0 spiro atoms. The van der Waals surface area contributed by atoms with Crippen LogP contribution in [0.1, 0.15) is 25.3 Å². The summed E-state index contributed by atoms with van der Waals surface area (Å²) in [7, 11) is 1.87. The SMILES string of the molecule is CC(=O)CCC(=O)NSN[B]Cc1ccccc1. The molecule has 0 aliphatic heterocycles. The summed E-state index contributed by atoms with van der Waals surface area (Å²) in [5, 5.41) is 0. The van der Waals surface area contributed by atoms with Crippen molar-refractivity contribution in [3.8, 4) is 0 Å². The lowest BCUT2D eigenvalue weighted by Gasteiger charge is -2.04. The van der Waals surface area contributed by atoms with Gasteiger partial charge in [-0.05, 0) is 13.2 Å². The van der Waals surface area contributed by atoms with E-state index in [2.05, 4.69) is 9.36 Å². The van der Waals surface area contributed by atoms with Crippen LogP contribution in [-0.2, 0) is 15.9 Å². The first-order valence-electron chi connectivity index (χ1n) is 5.73. The lowest BCUT2D eigenvalue weighted by molar-refractivity contribution is -0.123. The first-order valence-corrected chi connectivity index (χ1v) is 6.55. The Labute approximate surface area is 112 Å². The van der Waals surface area contributed by atoms with Crippen molar-refractivity contribution >= 4 is 31.2 Å². The maximum Gasteiger partial charge on any atom is 0.231 e. The molecule has 0 fully saturated rings. The van der Waals surface area contributed by atoms with Gasteiger partial charge in [-0.3, -0.25) is 14.1 Å². The molecule has 95 valence electrons. The fraction of sp³-hybridized carbons (Fsp3) is 0.333. The largest absolute Gasteiger partial charge is 0.300 e. The van der Waals surface area contributed by atoms with Crippen molar-refractivity contribution in [2.24, 2.45) is 0 Å². The van der Waals surface area contributed by atoms with Gasteiger partial charge < -0.3 is 4.79 Å². The molecule has 0 saturated heterocycles. The topological polar surface area (TPSA) is 58.2 Å². The highest BCUT2D eigenvalue weighted by atomic mass is 32.2. The Bertz CT molecular complexity index is 387. The van der Waals surface area contributed by atoms with Crippen LogP contribution in [0.25, 0.3) is 0 Å². The molecule has 1 amide bonds. The van der Waals surface area contributed by atoms with Crippen molar-refractivity contribution in [1.82, 2.24) is 9.36 Å². The van der Waals surface area contributed by atoms with Crippen molar-refractivity contribution in [2.75, 3.05) is 0 Å². The van der Waals surface area contributed by atoms with E-state index in [1.54, 1.807) is 0 Å². The van der Waals surface area contributed by atoms with Crippen LogP contribution in [0.3, 0.4) is 0 Å². The van der Waals surface area contributed by atoms with Crippen LogP contribution < -0.4 is 9.36 Å². The average Bonchev–Trinajstić information content (AvgIpc) is 2.37. The molecule has 1 aromatic carbocycles. The predicted molar refractivity (Wildman–Crippen MR) is 74.7 cm³/mol. The second-order valence-corrected chi connectivity index (χ2v) is 4.48. The first kappa shape index (κ1) is 14.8. The monoisotopic (exact) mass is 263 g/mol. The van der Waals surface area contributed by atoms with Crippen LogP contribution in [0.4, 0.5) is 0 Å². The van der Waals surface area contributed by atoms with E-state index in [0.29, 0.717) is 6.42 Å². The van der Waals surface area contributed by atoms with E-state index >= 15 is 0 Å². The van der Waals surface area contributed by atoms with Gasteiger partial charge in [-0.1, -0.05) is 35.9 Å². The quantitative estimate of drug-likeness (QED) is 0.423. The third kappa shape index (κ3) is 7.14. The summed E-state index contributed by atoms with van der Waals surface area (Å²) < 4.78 is 5.53. The number of benzene rings is 1. The highest BCUT2D eigenvalue weighted by molar-refractivity contribution is 7.96. The lowest BCUT2D eigenvalue weighted by atomic mass is 9.86. The van der Waals surface area contributed by atoms with Gasteiger partial charge >= 0.3 is 0 Å². The Morgan fingerprint density at radius 2 is 1.94 bits per heavy atom. The Morgan fingerprint density at radius 3 is 2.61 bits per heavy atom. The van der Waals surface area contributed by atoms with Crippen LogP contribution in [0.15, 0.2) is 30.3 Å². The molecule has 0 aliphatic carbocycles. The average molecular weight is 263 g/mol. The molecule has 1 rings (SSSR count). The van der Waals surface area contributed by atoms with E-state index in [9.17, 15) is 9.59 Å². The molecule has 6 heteroatoms. The number of amides is 1. The minimum Gasteiger partial charge on any atom is -0.300 e. The summed E-state index contributed by atoms with van der Waals surface area (Å²) in [6.07, 6.45) is 1.32. The summed E-state index contributed by atoms with van der Waals surface area (Å²) >= 11 is 1.12. The van der Waals surface area contributed by atoms with Crippen molar-refractivity contribution in [3.63, 3.8) is 0 Å². The molecule has 1 aromatic rings. The van der Waals surface area contributed by atoms with Gasteiger partial charge in [0.05, 0.1) is 0 Å². The fourth-order valence-corrected chi connectivity index (χ4v) is 1.68. The minimum atomic E-state index is -0.143. The van der Waals surface area contributed by atoms with E-state index in [4.69, 9.17) is 0 Å². The maximum absolute atomic E-state index is 11.2. The lowest BCUT2D eigenvalue weighted by Crippen LogP contribution is -2.24. The molecule has 1 radical (unpaired) electrons. The standard InChI is InChI=1S/C12H16BN2O2S/c1-10(16)7-8-12(17)14-18-15-13-9-11-5-3-2-4-6-11/h2-6,15H,7-9H2,1H3,(H,14,17). The maximum atomic E-state index is 11.2. The summed E-state index contributed by atoms with van der Waals surface area (Å²) in [6, 6.07) is 10.0. The Hall–Kier alpha value is -1.27. The van der Waals surface area contributed by atoms with Crippen molar-refractivity contribution in [1.29, 1.82) is 0 Å². The first-order chi connectivity index (χ1) is 8.68. The van der Waals surface area contributed by atoms with Crippen molar-refractivity contribution < 1.29 is 9.59 Å². The molecule has 0 aliphatic rings. The van der Waals surface area contributed by atoms with Gasteiger partial charge in [-0.2, -0.15) is 0 Å².